The van der Waals surface area contributed by atoms with Crippen molar-refractivity contribution < 1.29 is 4.74 Å². The van der Waals surface area contributed by atoms with E-state index in [1.54, 1.807) is 6.20 Å². The molecule has 6 heteroatoms. The monoisotopic (exact) mass is 262 g/mol. The van der Waals surface area contributed by atoms with Crippen molar-refractivity contribution in [1.82, 2.24) is 15.0 Å². The number of hydrogen-bond acceptors (Lipinski definition) is 6. The number of hydrazine groups is 1. The van der Waals surface area contributed by atoms with Crippen LogP contribution in [0, 0.1) is 0 Å². The highest BCUT2D eigenvalue weighted by molar-refractivity contribution is 7.05. The van der Waals surface area contributed by atoms with Crippen LogP contribution >= 0.6 is 11.5 Å². The topological polar surface area (TPSA) is 73.1 Å². The maximum Gasteiger partial charge on any atom is 0.127 e. The first-order valence-corrected chi connectivity index (χ1v) is 6.65. The summed E-state index contributed by atoms with van der Waals surface area (Å²) in [6, 6.07) is 6.07. The highest BCUT2D eigenvalue weighted by Gasteiger charge is 2.22. The summed E-state index contributed by atoms with van der Waals surface area (Å²) in [4.78, 5) is 0.986. The average Bonchev–Trinajstić information content (AvgIpc) is 2.94. The summed E-state index contributed by atoms with van der Waals surface area (Å²) in [6.07, 6.45) is 3.86. The number of nitrogens with zero attached hydrogens (tertiary/aromatic N) is 2. The zero-order valence-electron chi connectivity index (χ0n) is 9.80. The third kappa shape index (κ3) is 1.98. The van der Waals surface area contributed by atoms with Gasteiger partial charge in [0.25, 0.3) is 0 Å². The summed E-state index contributed by atoms with van der Waals surface area (Å²) in [5, 5.41) is 3.86. The molecule has 1 aromatic heterocycles. The van der Waals surface area contributed by atoms with Gasteiger partial charge in [-0.15, -0.1) is 5.10 Å². The molecule has 0 aliphatic carbocycles. The first kappa shape index (κ1) is 11.6. The zero-order valence-corrected chi connectivity index (χ0v) is 10.6. The molecule has 18 heavy (non-hydrogen) atoms. The summed E-state index contributed by atoms with van der Waals surface area (Å²) < 4.78 is 9.69. The molecule has 0 spiro atoms. The van der Waals surface area contributed by atoms with Crippen molar-refractivity contribution in [3.05, 3.63) is 40.4 Å². The molecule has 0 bridgehead atoms. The van der Waals surface area contributed by atoms with Gasteiger partial charge in [-0.1, -0.05) is 22.7 Å². The number of aryl methyl sites for hydroxylation is 1. The number of hydrogen-bond donors (Lipinski definition) is 2. The van der Waals surface area contributed by atoms with E-state index in [4.69, 9.17) is 10.6 Å². The summed E-state index contributed by atoms with van der Waals surface area (Å²) in [5.41, 5.74) is 5.12. The van der Waals surface area contributed by atoms with Gasteiger partial charge in [-0.2, -0.15) is 0 Å². The predicted octanol–water partition coefficient (Wildman–Crippen LogP) is 1.42. The zero-order chi connectivity index (χ0) is 12.4. The Hall–Kier alpha value is -1.50. The van der Waals surface area contributed by atoms with Gasteiger partial charge in [-0.3, -0.25) is 5.84 Å². The van der Waals surface area contributed by atoms with E-state index in [9.17, 15) is 0 Å². The molecular formula is C12H14N4OS. The molecule has 3 N–H and O–H groups in total. The molecule has 94 valence electrons. The van der Waals surface area contributed by atoms with Crippen LogP contribution in [0.25, 0.3) is 0 Å². The van der Waals surface area contributed by atoms with Gasteiger partial charge in [-0.25, -0.2) is 5.43 Å². The molecule has 0 fully saturated rings. The molecule has 0 saturated carbocycles. The smallest absolute Gasteiger partial charge is 0.127 e. The number of fused-ring (bicyclic) bond motifs is 1. The minimum atomic E-state index is -0.113. The fourth-order valence-corrected chi connectivity index (χ4v) is 2.85. The molecule has 0 saturated heterocycles. The lowest BCUT2D eigenvalue weighted by atomic mass is 9.98. The molecule has 1 aromatic carbocycles. The summed E-state index contributed by atoms with van der Waals surface area (Å²) in [7, 11) is 0. The van der Waals surface area contributed by atoms with E-state index < -0.39 is 0 Å². The predicted molar refractivity (Wildman–Crippen MR) is 69.3 cm³/mol. The largest absolute Gasteiger partial charge is 0.493 e. The quantitative estimate of drug-likeness (QED) is 0.646. The lowest BCUT2D eigenvalue weighted by molar-refractivity contribution is 0.283. The summed E-state index contributed by atoms with van der Waals surface area (Å²) in [5.74, 6) is 6.63. The van der Waals surface area contributed by atoms with E-state index in [2.05, 4.69) is 21.1 Å². The van der Waals surface area contributed by atoms with E-state index in [0.717, 1.165) is 35.6 Å². The molecule has 3 rings (SSSR count). The van der Waals surface area contributed by atoms with Crippen LogP contribution in [-0.4, -0.2) is 16.2 Å². The van der Waals surface area contributed by atoms with E-state index in [-0.39, 0.29) is 6.04 Å². The Labute approximate surface area is 109 Å². The molecule has 1 aliphatic heterocycles. The van der Waals surface area contributed by atoms with Gasteiger partial charge < -0.3 is 4.74 Å². The van der Waals surface area contributed by atoms with E-state index in [0.29, 0.717) is 0 Å². The number of ether oxygens (including phenoxy) is 1. The molecule has 0 radical (unpaired) electrons. The molecule has 1 aliphatic rings. The minimum Gasteiger partial charge on any atom is -0.493 e. The van der Waals surface area contributed by atoms with Crippen LogP contribution in [0.15, 0.2) is 24.4 Å². The second-order valence-electron chi connectivity index (χ2n) is 4.21. The van der Waals surface area contributed by atoms with E-state index in [1.807, 2.05) is 12.1 Å². The fourth-order valence-electron chi connectivity index (χ4n) is 2.27. The molecule has 0 amide bonds. The highest BCUT2D eigenvalue weighted by Crippen LogP contribution is 2.35. The van der Waals surface area contributed by atoms with Gasteiger partial charge in [-0.05, 0) is 29.9 Å². The van der Waals surface area contributed by atoms with Crippen LogP contribution in [0.1, 0.15) is 28.5 Å². The number of nitrogens with one attached hydrogen (secondary N) is 1. The maximum atomic E-state index is 5.80. The number of rotatable bonds is 3. The van der Waals surface area contributed by atoms with Gasteiger partial charge in [0, 0.05) is 5.56 Å². The van der Waals surface area contributed by atoms with Gasteiger partial charge in [0.05, 0.1) is 23.7 Å². The standard InChI is InChI=1S/C12H14N4OS/c13-15-11(10-7-14-16-18-10)9-5-1-3-8-4-2-6-17-12(8)9/h1,3,5,7,11,15H,2,4,6,13H2. The van der Waals surface area contributed by atoms with Crippen LogP contribution in [0.3, 0.4) is 0 Å². The Kier molecular flexibility index (Phi) is 3.22. The molecule has 2 aromatic rings. The Balaban J connectivity index is 2.05. The number of aromatic nitrogens is 2. The van der Waals surface area contributed by atoms with Crippen LogP contribution in [0.5, 0.6) is 5.75 Å². The maximum absolute atomic E-state index is 5.80. The van der Waals surface area contributed by atoms with Crippen LogP contribution < -0.4 is 16.0 Å². The van der Waals surface area contributed by atoms with Crippen molar-refractivity contribution in [1.29, 1.82) is 0 Å². The van der Waals surface area contributed by atoms with Crippen molar-refractivity contribution in [2.45, 2.75) is 18.9 Å². The van der Waals surface area contributed by atoms with Crippen molar-refractivity contribution in [3.63, 3.8) is 0 Å². The third-order valence-electron chi connectivity index (χ3n) is 3.10. The molecular weight excluding hydrogens is 248 g/mol. The number of para-hydroxylation sites is 1. The van der Waals surface area contributed by atoms with Crippen LogP contribution in [-0.2, 0) is 6.42 Å². The van der Waals surface area contributed by atoms with Crippen LogP contribution in [0.4, 0.5) is 0 Å². The third-order valence-corrected chi connectivity index (χ3v) is 3.83. The minimum absolute atomic E-state index is 0.113. The van der Waals surface area contributed by atoms with Crippen molar-refractivity contribution in [3.8, 4) is 5.75 Å². The second-order valence-corrected chi connectivity index (χ2v) is 5.02. The SMILES string of the molecule is NNC(c1cnns1)c1cccc2c1OCCC2. The van der Waals surface area contributed by atoms with Gasteiger partial charge in [0.2, 0.25) is 0 Å². The summed E-state index contributed by atoms with van der Waals surface area (Å²) in [6.45, 7) is 0.766. The van der Waals surface area contributed by atoms with Crippen molar-refractivity contribution >= 4 is 11.5 Å². The van der Waals surface area contributed by atoms with Crippen LogP contribution in [0.2, 0.25) is 0 Å². The fraction of sp³-hybridized carbons (Fsp3) is 0.333. The molecule has 5 nitrogen and oxygen atoms in total. The Morgan fingerprint density at radius 2 is 2.39 bits per heavy atom. The number of nitrogens with two attached hydrogens (primary N) is 1. The van der Waals surface area contributed by atoms with E-state index in [1.165, 1.54) is 17.1 Å². The van der Waals surface area contributed by atoms with Gasteiger partial charge in [0.1, 0.15) is 5.75 Å². The normalized spacial score (nSPS) is 15.8. The Bertz CT molecular complexity index is 529. The van der Waals surface area contributed by atoms with Crippen molar-refractivity contribution in [2.75, 3.05) is 6.61 Å². The van der Waals surface area contributed by atoms with E-state index >= 15 is 0 Å². The molecule has 1 unspecified atom stereocenters. The highest BCUT2D eigenvalue weighted by atomic mass is 32.1. The number of benzene rings is 1. The van der Waals surface area contributed by atoms with Gasteiger partial charge in [0.15, 0.2) is 0 Å². The summed E-state index contributed by atoms with van der Waals surface area (Å²) >= 11 is 1.34. The molecule has 1 atom stereocenters. The Morgan fingerprint density at radius 1 is 1.44 bits per heavy atom. The molecule has 2 heterocycles. The lowest BCUT2D eigenvalue weighted by Crippen LogP contribution is -2.29. The van der Waals surface area contributed by atoms with Crippen molar-refractivity contribution in [2.24, 2.45) is 5.84 Å². The first-order chi connectivity index (χ1) is 8.90. The lowest BCUT2D eigenvalue weighted by Gasteiger charge is -2.23. The Morgan fingerprint density at radius 3 is 3.17 bits per heavy atom. The second kappa shape index (κ2) is 5.01. The van der Waals surface area contributed by atoms with Gasteiger partial charge >= 0.3 is 0 Å². The first-order valence-electron chi connectivity index (χ1n) is 5.88. The average molecular weight is 262 g/mol.